The summed E-state index contributed by atoms with van der Waals surface area (Å²) >= 11 is 6.31. The monoisotopic (exact) mass is 429 g/mol. The SMILES string of the molecule is CC(C)c1ccc(-c2c(Cl)ncnc2NS(=O)(=O)c2ccc(C(C)C)cc2)cc1. The van der Waals surface area contributed by atoms with Crippen LogP contribution < -0.4 is 4.72 Å². The molecule has 2 aromatic carbocycles. The van der Waals surface area contributed by atoms with E-state index in [0.29, 0.717) is 17.4 Å². The largest absolute Gasteiger partial charge is 0.263 e. The van der Waals surface area contributed by atoms with Crippen LogP contribution in [0.2, 0.25) is 5.15 Å². The molecule has 152 valence electrons. The summed E-state index contributed by atoms with van der Waals surface area (Å²) in [6.45, 7) is 8.33. The lowest BCUT2D eigenvalue weighted by atomic mass is 9.99. The maximum Gasteiger partial charge on any atom is 0.263 e. The lowest BCUT2D eigenvalue weighted by Gasteiger charge is -2.14. The van der Waals surface area contributed by atoms with Gasteiger partial charge in [0.1, 0.15) is 11.5 Å². The molecule has 0 aliphatic rings. The van der Waals surface area contributed by atoms with Gasteiger partial charge >= 0.3 is 0 Å². The quantitative estimate of drug-likeness (QED) is 0.499. The van der Waals surface area contributed by atoms with Crippen LogP contribution in [0, 0.1) is 0 Å². The third kappa shape index (κ3) is 4.77. The Labute approximate surface area is 177 Å². The average molecular weight is 430 g/mol. The van der Waals surface area contributed by atoms with Crippen molar-refractivity contribution in [1.82, 2.24) is 9.97 Å². The number of benzene rings is 2. The van der Waals surface area contributed by atoms with Gasteiger partial charge in [-0.3, -0.25) is 4.72 Å². The number of sulfonamides is 1. The molecule has 0 bridgehead atoms. The minimum Gasteiger partial charge on any atom is -0.263 e. The molecule has 0 aliphatic carbocycles. The number of anilines is 1. The zero-order valence-electron chi connectivity index (χ0n) is 16.8. The Balaban J connectivity index is 1.98. The van der Waals surface area contributed by atoms with Crippen LogP contribution in [0.1, 0.15) is 50.7 Å². The zero-order valence-corrected chi connectivity index (χ0v) is 18.4. The highest BCUT2D eigenvalue weighted by atomic mass is 35.5. The normalized spacial score (nSPS) is 11.8. The van der Waals surface area contributed by atoms with Crippen molar-refractivity contribution < 1.29 is 8.42 Å². The minimum absolute atomic E-state index is 0.148. The molecule has 1 aromatic heterocycles. The predicted molar refractivity (Wildman–Crippen MR) is 118 cm³/mol. The summed E-state index contributed by atoms with van der Waals surface area (Å²) in [5.41, 5.74) is 3.44. The van der Waals surface area contributed by atoms with E-state index in [-0.39, 0.29) is 15.9 Å². The topological polar surface area (TPSA) is 72.0 Å². The van der Waals surface area contributed by atoms with Crippen molar-refractivity contribution in [3.8, 4) is 11.1 Å². The summed E-state index contributed by atoms with van der Waals surface area (Å²) in [5.74, 6) is 0.856. The first kappa shape index (κ1) is 21.3. The summed E-state index contributed by atoms with van der Waals surface area (Å²) in [5, 5.41) is 0.185. The fraction of sp³-hybridized carbons (Fsp3) is 0.273. The summed E-state index contributed by atoms with van der Waals surface area (Å²) in [6.07, 6.45) is 1.24. The summed E-state index contributed by atoms with van der Waals surface area (Å²) in [7, 11) is -3.82. The molecule has 0 atom stereocenters. The van der Waals surface area contributed by atoms with Gasteiger partial charge in [0, 0.05) is 0 Å². The van der Waals surface area contributed by atoms with E-state index in [2.05, 4.69) is 42.4 Å². The highest BCUT2D eigenvalue weighted by Gasteiger charge is 2.20. The van der Waals surface area contributed by atoms with E-state index in [1.807, 2.05) is 36.4 Å². The maximum atomic E-state index is 12.9. The first-order valence-corrected chi connectivity index (χ1v) is 11.3. The number of hydrogen-bond donors (Lipinski definition) is 1. The van der Waals surface area contributed by atoms with Gasteiger partial charge in [-0.1, -0.05) is 75.7 Å². The van der Waals surface area contributed by atoms with Crippen molar-refractivity contribution in [1.29, 1.82) is 0 Å². The van der Waals surface area contributed by atoms with Crippen molar-refractivity contribution in [3.63, 3.8) is 0 Å². The second-order valence-electron chi connectivity index (χ2n) is 7.49. The second kappa shape index (κ2) is 8.51. The van der Waals surface area contributed by atoms with Gasteiger partial charge in [-0.15, -0.1) is 0 Å². The van der Waals surface area contributed by atoms with Crippen molar-refractivity contribution >= 4 is 27.4 Å². The van der Waals surface area contributed by atoms with E-state index in [4.69, 9.17) is 11.6 Å². The van der Waals surface area contributed by atoms with Gasteiger partial charge in [0.15, 0.2) is 5.82 Å². The summed E-state index contributed by atoms with van der Waals surface area (Å²) < 4.78 is 28.4. The fourth-order valence-corrected chi connectivity index (χ4v) is 4.21. The molecule has 0 aliphatic heterocycles. The lowest BCUT2D eigenvalue weighted by molar-refractivity contribution is 0.601. The van der Waals surface area contributed by atoms with Crippen molar-refractivity contribution in [2.75, 3.05) is 4.72 Å². The Morgan fingerprint density at radius 3 is 1.86 bits per heavy atom. The number of nitrogens with one attached hydrogen (secondary N) is 1. The summed E-state index contributed by atoms with van der Waals surface area (Å²) in [4.78, 5) is 8.34. The molecule has 1 heterocycles. The van der Waals surface area contributed by atoms with E-state index in [1.54, 1.807) is 12.1 Å². The first-order valence-electron chi connectivity index (χ1n) is 9.42. The minimum atomic E-state index is -3.82. The zero-order chi connectivity index (χ0) is 21.2. The van der Waals surface area contributed by atoms with Gasteiger partial charge in [-0.25, -0.2) is 18.4 Å². The van der Waals surface area contributed by atoms with Gasteiger partial charge < -0.3 is 0 Å². The third-order valence-corrected chi connectivity index (χ3v) is 6.40. The summed E-state index contributed by atoms with van der Waals surface area (Å²) in [6, 6.07) is 14.6. The van der Waals surface area contributed by atoms with E-state index < -0.39 is 10.0 Å². The number of aromatic nitrogens is 2. The predicted octanol–water partition coefficient (Wildman–Crippen LogP) is 5.84. The molecule has 0 saturated heterocycles. The maximum absolute atomic E-state index is 12.9. The lowest BCUT2D eigenvalue weighted by Crippen LogP contribution is -2.15. The van der Waals surface area contributed by atoms with Crippen molar-refractivity contribution in [2.45, 2.75) is 44.4 Å². The smallest absolute Gasteiger partial charge is 0.263 e. The van der Waals surface area contributed by atoms with E-state index in [1.165, 1.54) is 11.9 Å². The number of hydrogen-bond acceptors (Lipinski definition) is 4. The molecule has 0 unspecified atom stereocenters. The fourth-order valence-electron chi connectivity index (χ4n) is 2.95. The molecule has 7 heteroatoms. The molecular weight excluding hydrogens is 406 g/mol. The Hall–Kier alpha value is -2.44. The van der Waals surface area contributed by atoms with Crippen LogP contribution >= 0.6 is 11.6 Å². The van der Waals surface area contributed by atoms with Gasteiger partial charge in [0.2, 0.25) is 0 Å². The number of nitrogens with zero attached hydrogens (tertiary/aromatic N) is 2. The molecule has 0 spiro atoms. The molecule has 1 N–H and O–H groups in total. The van der Waals surface area contributed by atoms with E-state index in [0.717, 1.165) is 11.1 Å². The first-order chi connectivity index (χ1) is 13.7. The highest BCUT2D eigenvalue weighted by molar-refractivity contribution is 7.92. The Morgan fingerprint density at radius 1 is 0.828 bits per heavy atom. The van der Waals surface area contributed by atoms with Gasteiger partial charge in [-0.2, -0.15) is 0 Å². The number of rotatable bonds is 6. The van der Waals surface area contributed by atoms with Crippen LogP contribution in [-0.4, -0.2) is 18.4 Å². The Morgan fingerprint density at radius 2 is 1.34 bits per heavy atom. The van der Waals surface area contributed by atoms with Crippen LogP contribution in [0.15, 0.2) is 59.8 Å². The van der Waals surface area contributed by atoms with E-state index >= 15 is 0 Å². The molecule has 0 saturated carbocycles. The molecule has 0 amide bonds. The Kier molecular flexibility index (Phi) is 6.24. The Bertz CT molecular complexity index is 1090. The standard InChI is InChI=1S/C22H24ClN3O2S/c1-14(2)16-5-7-18(8-6-16)20-21(23)24-13-25-22(20)26-29(27,28)19-11-9-17(10-12-19)15(3)4/h5-15H,1-4H3,(H,24,25,26). The average Bonchev–Trinajstić information content (AvgIpc) is 2.68. The highest BCUT2D eigenvalue weighted by Crippen LogP contribution is 2.34. The molecule has 29 heavy (non-hydrogen) atoms. The number of halogens is 1. The molecule has 0 fully saturated rings. The second-order valence-corrected chi connectivity index (χ2v) is 9.53. The molecule has 3 rings (SSSR count). The molecule has 3 aromatic rings. The van der Waals surface area contributed by atoms with Crippen LogP contribution in [0.4, 0.5) is 5.82 Å². The van der Waals surface area contributed by atoms with Crippen LogP contribution in [0.25, 0.3) is 11.1 Å². The van der Waals surface area contributed by atoms with Crippen molar-refractivity contribution in [3.05, 3.63) is 71.1 Å². The van der Waals surface area contributed by atoms with Crippen LogP contribution in [0.3, 0.4) is 0 Å². The molecule has 0 radical (unpaired) electrons. The van der Waals surface area contributed by atoms with E-state index in [9.17, 15) is 8.42 Å². The third-order valence-electron chi connectivity index (χ3n) is 4.76. The van der Waals surface area contributed by atoms with Gasteiger partial charge in [0.05, 0.1) is 10.5 Å². The van der Waals surface area contributed by atoms with Gasteiger partial charge in [-0.05, 0) is 40.7 Å². The molecular formula is C22H24ClN3O2S. The molecule has 5 nitrogen and oxygen atoms in total. The van der Waals surface area contributed by atoms with Gasteiger partial charge in [0.25, 0.3) is 10.0 Å². The van der Waals surface area contributed by atoms with Crippen LogP contribution in [-0.2, 0) is 10.0 Å². The van der Waals surface area contributed by atoms with Crippen molar-refractivity contribution in [2.24, 2.45) is 0 Å². The van der Waals surface area contributed by atoms with Crippen LogP contribution in [0.5, 0.6) is 0 Å².